The highest BCUT2D eigenvalue weighted by atomic mass is 16.5. The first-order valence-corrected chi connectivity index (χ1v) is 11.1. The van der Waals surface area contributed by atoms with Gasteiger partial charge in [-0.2, -0.15) is 5.10 Å². The lowest BCUT2D eigenvalue weighted by Gasteiger charge is -2.31. The Bertz CT molecular complexity index is 796. The van der Waals surface area contributed by atoms with Crippen molar-refractivity contribution in [2.45, 2.75) is 39.2 Å². The maximum atomic E-state index is 5.86. The second-order valence-corrected chi connectivity index (χ2v) is 8.30. The molecule has 3 heterocycles. The van der Waals surface area contributed by atoms with Crippen molar-refractivity contribution in [2.75, 3.05) is 39.4 Å². The summed E-state index contributed by atoms with van der Waals surface area (Å²) in [5.41, 5.74) is 3.33. The van der Waals surface area contributed by atoms with Gasteiger partial charge in [0.05, 0.1) is 18.9 Å². The van der Waals surface area contributed by atoms with E-state index in [9.17, 15) is 0 Å². The zero-order valence-electron chi connectivity index (χ0n) is 17.8. The van der Waals surface area contributed by atoms with Crippen molar-refractivity contribution in [3.63, 3.8) is 0 Å². The summed E-state index contributed by atoms with van der Waals surface area (Å²) in [7, 11) is 1.99. The molecule has 2 aromatic rings. The molecule has 0 spiro atoms. The van der Waals surface area contributed by atoms with Crippen LogP contribution in [0.25, 0.3) is 11.3 Å². The van der Waals surface area contributed by atoms with Gasteiger partial charge < -0.3 is 19.7 Å². The SMILES string of the molecule is CCCN1CCC(CNCc2cn(C)nc2-c2ccc3c(c2)OCCCO3)CC1. The number of nitrogens with zero attached hydrogens (tertiary/aromatic N) is 3. The molecule has 1 aromatic carbocycles. The van der Waals surface area contributed by atoms with E-state index in [0.29, 0.717) is 13.2 Å². The van der Waals surface area contributed by atoms with Gasteiger partial charge in [-0.25, -0.2) is 0 Å². The average Bonchev–Trinajstić information content (AvgIpc) is 2.95. The Morgan fingerprint density at radius 2 is 1.93 bits per heavy atom. The molecule has 1 saturated heterocycles. The number of aromatic nitrogens is 2. The molecule has 0 atom stereocenters. The first-order valence-electron chi connectivity index (χ1n) is 11.1. The molecule has 0 amide bonds. The number of fused-ring (bicyclic) bond motifs is 1. The van der Waals surface area contributed by atoms with Crippen LogP contribution in [-0.2, 0) is 13.6 Å². The standard InChI is InChI=1S/C23H34N4O2/c1-3-9-27-10-7-18(8-11-27)15-24-16-20-17-26(2)25-23(20)19-5-6-21-22(14-19)29-13-4-12-28-21/h5-6,14,17-18,24H,3-4,7-13,15-16H2,1-2H3. The van der Waals surface area contributed by atoms with E-state index in [-0.39, 0.29) is 0 Å². The topological polar surface area (TPSA) is 51.6 Å². The fraction of sp³-hybridized carbons (Fsp3) is 0.609. The first kappa shape index (κ1) is 20.2. The van der Waals surface area contributed by atoms with Crippen LogP contribution in [0, 0.1) is 5.92 Å². The highest BCUT2D eigenvalue weighted by Gasteiger charge is 2.19. The summed E-state index contributed by atoms with van der Waals surface area (Å²) in [5, 5.41) is 8.41. The minimum atomic E-state index is 0.699. The van der Waals surface area contributed by atoms with E-state index in [4.69, 9.17) is 14.6 Å². The average molecular weight is 399 g/mol. The molecule has 4 rings (SSSR count). The van der Waals surface area contributed by atoms with Crippen molar-refractivity contribution in [1.82, 2.24) is 20.0 Å². The van der Waals surface area contributed by atoms with Crippen LogP contribution in [0.5, 0.6) is 11.5 Å². The summed E-state index contributed by atoms with van der Waals surface area (Å²) in [4.78, 5) is 2.60. The molecule has 158 valence electrons. The van der Waals surface area contributed by atoms with E-state index in [1.165, 1.54) is 44.5 Å². The van der Waals surface area contributed by atoms with Gasteiger partial charge in [-0.1, -0.05) is 6.92 Å². The van der Waals surface area contributed by atoms with Gasteiger partial charge in [0.2, 0.25) is 0 Å². The van der Waals surface area contributed by atoms with Crippen LogP contribution in [-0.4, -0.2) is 54.1 Å². The van der Waals surface area contributed by atoms with Gasteiger partial charge in [0.1, 0.15) is 0 Å². The molecule has 1 fully saturated rings. The van der Waals surface area contributed by atoms with E-state index in [1.54, 1.807) is 0 Å². The zero-order valence-corrected chi connectivity index (χ0v) is 17.8. The van der Waals surface area contributed by atoms with Crippen LogP contribution in [0.15, 0.2) is 24.4 Å². The summed E-state index contributed by atoms with van der Waals surface area (Å²) in [6.07, 6.45) is 6.89. The third-order valence-electron chi connectivity index (χ3n) is 5.92. The highest BCUT2D eigenvalue weighted by Crippen LogP contribution is 2.34. The van der Waals surface area contributed by atoms with E-state index in [2.05, 4.69) is 35.5 Å². The number of hydrogen-bond acceptors (Lipinski definition) is 5. The quantitative estimate of drug-likeness (QED) is 0.774. The minimum Gasteiger partial charge on any atom is -0.490 e. The lowest BCUT2D eigenvalue weighted by molar-refractivity contribution is 0.182. The van der Waals surface area contributed by atoms with Gasteiger partial charge in [0, 0.05) is 37.3 Å². The lowest BCUT2D eigenvalue weighted by atomic mass is 9.96. The Balaban J connectivity index is 1.37. The molecule has 2 aliphatic heterocycles. The Morgan fingerprint density at radius 1 is 1.14 bits per heavy atom. The maximum Gasteiger partial charge on any atom is 0.161 e. The van der Waals surface area contributed by atoms with Gasteiger partial charge in [0.15, 0.2) is 11.5 Å². The van der Waals surface area contributed by atoms with E-state index in [1.807, 2.05) is 17.8 Å². The van der Waals surface area contributed by atoms with E-state index < -0.39 is 0 Å². The maximum absolute atomic E-state index is 5.86. The van der Waals surface area contributed by atoms with Gasteiger partial charge in [-0.05, 0) is 69.6 Å². The first-order chi connectivity index (χ1) is 14.2. The number of hydrogen-bond donors (Lipinski definition) is 1. The molecule has 29 heavy (non-hydrogen) atoms. The van der Waals surface area contributed by atoms with Crippen molar-refractivity contribution in [1.29, 1.82) is 0 Å². The fourth-order valence-electron chi connectivity index (χ4n) is 4.36. The molecule has 0 unspecified atom stereocenters. The number of ether oxygens (including phenoxy) is 2. The van der Waals surface area contributed by atoms with Crippen LogP contribution in [0.4, 0.5) is 0 Å². The number of rotatable bonds is 7. The van der Waals surface area contributed by atoms with E-state index >= 15 is 0 Å². The lowest BCUT2D eigenvalue weighted by Crippen LogP contribution is -2.37. The van der Waals surface area contributed by atoms with Gasteiger partial charge in [-0.3, -0.25) is 4.68 Å². The summed E-state index contributed by atoms with van der Waals surface area (Å²) >= 11 is 0. The van der Waals surface area contributed by atoms with Crippen molar-refractivity contribution < 1.29 is 9.47 Å². The van der Waals surface area contributed by atoms with Crippen molar-refractivity contribution in [3.8, 4) is 22.8 Å². The van der Waals surface area contributed by atoms with Crippen LogP contribution in [0.3, 0.4) is 0 Å². The number of benzene rings is 1. The zero-order chi connectivity index (χ0) is 20.1. The molecule has 0 saturated carbocycles. The third kappa shape index (κ3) is 5.11. The normalized spacial score (nSPS) is 18.0. The second kappa shape index (κ2) is 9.63. The Morgan fingerprint density at radius 3 is 2.72 bits per heavy atom. The number of piperidine rings is 1. The summed E-state index contributed by atoms with van der Waals surface area (Å²) in [5.74, 6) is 2.43. The number of nitrogens with one attached hydrogen (secondary N) is 1. The minimum absolute atomic E-state index is 0.699. The van der Waals surface area contributed by atoms with Crippen molar-refractivity contribution in [3.05, 3.63) is 30.0 Å². The van der Waals surface area contributed by atoms with Gasteiger partial charge in [-0.15, -0.1) is 0 Å². The predicted octanol–water partition coefficient (Wildman–Crippen LogP) is 3.46. The van der Waals surface area contributed by atoms with Crippen molar-refractivity contribution in [2.24, 2.45) is 13.0 Å². The fourth-order valence-corrected chi connectivity index (χ4v) is 4.36. The Kier molecular flexibility index (Phi) is 6.72. The smallest absolute Gasteiger partial charge is 0.161 e. The third-order valence-corrected chi connectivity index (χ3v) is 5.92. The highest BCUT2D eigenvalue weighted by molar-refractivity contribution is 5.66. The monoisotopic (exact) mass is 398 g/mol. The summed E-state index contributed by atoms with van der Waals surface area (Å²) < 4.78 is 13.5. The Labute approximate surface area is 174 Å². The molecule has 6 heteroatoms. The van der Waals surface area contributed by atoms with Crippen LogP contribution < -0.4 is 14.8 Å². The molecule has 0 radical (unpaired) electrons. The van der Waals surface area contributed by atoms with Gasteiger partial charge >= 0.3 is 0 Å². The summed E-state index contributed by atoms with van der Waals surface area (Å²) in [6, 6.07) is 6.16. The van der Waals surface area contributed by atoms with Crippen LogP contribution in [0.1, 0.15) is 38.2 Å². The molecule has 1 N–H and O–H groups in total. The molecular formula is C23H34N4O2. The van der Waals surface area contributed by atoms with E-state index in [0.717, 1.165) is 48.2 Å². The number of likely N-dealkylation sites (tertiary alicyclic amines) is 1. The largest absolute Gasteiger partial charge is 0.490 e. The van der Waals surface area contributed by atoms with Crippen LogP contribution >= 0.6 is 0 Å². The van der Waals surface area contributed by atoms with Crippen molar-refractivity contribution >= 4 is 0 Å². The predicted molar refractivity (Wildman–Crippen MR) is 115 cm³/mol. The molecule has 2 aliphatic rings. The molecule has 1 aromatic heterocycles. The molecule has 6 nitrogen and oxygen atoms in total. The van der Waals surface area contributed by atoms with Crippen LogP contribution in [0.2, 0.25) is 0 Å². The second-order valence-electron chi connectivity index (χ2n) is 8.30. The molecular weight excluding hydrogens is 364 g/mol. The molecule has 0 aliphatic carbocycles. The summed E-state index contributed by atoms with van der Waals surface area (Å²) in [6.45, 7) is 9.33. The number of aryl methyl sites for hydroxylation is 1. The molecule has 0 bridgehead atoms. The Hall–Kier alpha value is -2.05. The van der Waals surface area contributed by atoms with Gasteiger partial charge in [0.25, 0.3) is 0 Å².